The number of aryl methyl sites for hydroxylation is 1. The number of carbonyl (C=O) groups excluding carboxylic acids is 1. The molecule has 21 heavy (non-hydrogen) atoms. The van der Waals surface area contributed by atoms with Crippen LogP contribution in [0.25, 0.3) is 10.8 Å². The number of carboxylic acid groups (broad SMARTS) is 1. The van der Waals surface area contributed by atoms with Crippen molar-refractivity contribution in [2.45, 2.75) is 12.8 Å². The largest absolute Gasteiger partial charge is 0.481 e. The molecule has 2 aromatic rings. The summed E-state index contributed by atoms with van der Waals surface area (Å²) in [5.41, 5.74) is 1.13. The van der Waals surface area contributed by atoms with Gasteiger partial charge >= 0.3 is 11.9 Å². The van der Waals surface area contributed by atoms with E-state index in [1.807, 2.05) is 30.3 Å². The Hall–Kier alpha value is -2.62. The third kappa shape index (κ3) is 3.48. The molecule has 0 aromatic heterocycles. The van der Waals surface area contributed by atoms with Crippen LogP contribution in [0.2, 0.25) is 0 Å². The van der Waals surface area contributed by atoms with Crippen LogP contribution in [0.15, 0.2) is 49.1 Å². The summed E-state index contributed by atoms with van der Waals surface area (Å²) < 4.78 is 5.13. The predicted molar refractivity (Wildman–Crippen MR) is 80.4 cm³/mol. The van der Waals surface area contributed by atoms with Crippen molar-refractivity contribution in [2.24, 2.45) is 0 Å². The number of aliphatic carboxylic acids is 1. The number of carbonyl (C=O) groups is 2. The molecule has 0 saturated heterocycles. The first kappa shape index (κ1) is 14.8. The molecule has 108 valence electrons. The highest BCUT2D eigenvalue weighted by Crippen LogP contribution is 2.24. The van der Waals surface area contributed by atoms with E-state index in [0.29, 0.717) is 17.5 Å². The second kappa shape index (κ2) is 6.70. The van der Waals surface area contributed by atoms with Crippen molar-refractivity contribution in [3.8, 4) is 0 Å². The number of hydrogen-bond acceptors (Lipinski definition) is 3. The lowest BCUT2D eigenvalue weighted by atomic mass is 9.96. The van der Waals surface area contributed by atoms with Crippen LogP contribution < -0.4 is 0 Å². The Morgan fingerprint density at radius 2 is 1.95 bits per heavy atom. The normalized spacial score (nSPS) is 10.3. The van der Waals surface area contributed by atoms with Gasteiger partial charge in [-0.3, -0.25) is 4.79 Å². The van der Waals surface area contributed by atoms with Gasteiger partial charge in [-0.05, 0) is 22.8 Å². The number of ether oxygens (including phenoxy) is 1. The Morgan fingerprint density at radius 3 is 2.67 bits per heavy atom. The summed E-state index contributed by atoms with van der Waals surface area (Å²) in [5, 5.41) is 10.5. The summed E-state index contributed by atoms with van der Waals surface area (Å²) in [7, 11) is 0. The van der Waals surface area contributed by atoms with Crippen LogP contribution in [0.1, 0.15) is 22.3 Å². The van der Waals surface area contributed by atoms with Crippen LogP contribution in [0, 0.1) is 0 Å². The second-order valence-corrected chi connectivity index (χ2v) is 4.60. The van der Waals surface area contributed by atoms with Gasteiger partial charge in [-0.1, -0.05) is 49.1 Å². The van der Waals surface area contributed by atoms with E-state index in [0.717, 1.165) is 10.8 Å². The van der Waals surface area contributed by atoms with Crippen molar-refractivity contribution in [1.29, 1.82) is 0 Å². The number of benzene rings is 2. The highest BCUT2D eigenvalue weighted by atomic mass is 16.5. The molecule has 0 aliphatic rings. The van der Waals surface area contributed by atoms with Crippen LogP contribution in [-0.4, -0.2) is 23.7 Å². The summed E-state index contributed by atoms with van der Waals surface area (Å²) in [6.45, 7) is 3.64. The van der Waals surface area contributed by atoms with E-state index in [1.165, 1.54) is 6.08 Å². The molecule has 0 amide bonds. The van der Waals surface area contributed by atoms with E-state index in [-0.39, 0.29) is 13.0 Å². The Balaban J connectivity index is 2.48. The van der Waals surface area contributed by atoms with Crippen molar-refractivity contribution >= 4 is 22.7 Å². The monoisotopic (exact) mass is 284 g/mol. The molecule has 4 nitrogen and oxygen atoms in total. The zero-order valence-electron chi connectivity index (χ0n) is 11.5. The number of carboxylic acids is 1. The van der Waals surface area contributed by atoms with Crippen molar-refractivity contribution in [3.63, 3.8) is 0 Å². The van der Waals surface area contributed by atoms with Crippen LogP contribution in [-0.2, 0) is 16.0 Å². The predicted octanol–water partition coefficient (Wildman–Crippen LogP) is 3.20. The van der Waals surface area contributed by atoms with Gasteiger partial charge in [0.2, 0.25) is 0 Å². The lowest BCUT2D eigenvalue weighted by Crippen LogP contribution is -2.10. The first-order valence-electron chi connectivity index (χ1n) is 6.64. The van der Waals surface area contributed by atoms with Gasteiger partial charge in [0.25, 0.3) is 0 Å². The second-order valence-electron chi connectivity index (χ2n) is 4.60. The maximum Gasteiger partial charge on any atom is 0.339 e. The fourth-order valence-electron chi connectivity index (χ4n) is 2.21. The molecular weight excluding hydrogens is 268 g/mol. The van der Waals surface area contributed by atoms with E-state index in [9.17, 15) is 9.59 Å². The lowest BCUT2D eigenvalue weighted by Gasteiger charge is -2.11. The number of esters is 1. The molecule has 4 heteroatoms. The molecule has 0 bridgehead atoms. The van der Waals surface area contributed by atoms with Crippen molar-refractivity contribution in [2.75, 3.05) is 6.61 Å². The van der Waals surface area contributed by atoms with Gasteiger partial charge in [-0.2, -0.15) is 0 Å². The molecule has 0 radical (unpaired) electrons. The van der Waals surface area contributed by atoms with Gasteiger partial charge in [0, 0.05) is 6.42 Å². The average Bonchev–Trinajstić information content (AvgIpc) is 2.49. The minimum atomic E-state index is -0.895. The molecular formula is C17H16O4. The Kier molecular flexibility index (Phi) is 4.72. The quantitative estimate of drug-likeness (QED) is 0.653. The van der Waals surface area contributed by atoms with Crippen LogP contribution >= 0.6 is 0 Å². The van der Waals surface area contributed by atoms with Gasteiger partial charge in [0.1, 0.15) is 6.61 Å². The summed E-state index contributed by atoms with van der Waals surface area (Å²) in [4.78, 5) is 23.0. The standard InChI is InChI=1S/C17H16O4/c1-2-11-21-17(20)16-13(9-10-15(18)19)8-7-12-5-3-4-6-14(12)16/h2-8H,1,9-11H2,(H,18,19). The third-order valence-electron chi connectivity index (χ3n) is 3.16. The molecule has 2 aromatic carbocycles. The zero-order chi connectivity index (χ0) is 15.2. The average molecular weight is 284 g/mol. The minimum absolute atomic E-state index is 0.0277. The van der Waals surface area contributed by atoms with Gasteiger partial charge < -0.3 is 9.84 Å². The number of hydrogen-bond donors (Lipinski definition) is 1. The fraction of sp³-hybridized carbons (Fsp3) is 0.176. The van der Waals surface area contributed by atoms with Gasteiger partial charge in [0.05, 0.1) is 5.56 Å². The Labute approximate surface area is 122 Å². The summed E-state index contributed by atoms with van der Waals surface area (Å²) in [6, 6.07) is 11.1. The topological polar surface area (TPSA) is 63.6 Å². The molecule has 2 rings (SSSR count). The SMILES string of the molecule is C=CCOC(=O)c1c(CCC(=O)O)ccc2ccccc12. The Morgan fingerprint density at radius 1 is 1.19 bits per heavy atom. The third-order valence-corrected chi connectivity index (χ3v) is 3.16. The molecule has 0 spiro atoms. The van der Waals surface area contributed by atoms with Crippen molar-refractivity contribution < 1.29 is 19.4 Å². The number of fused-ring (bicyclic) bond motifs is 1. The molecule has 0 heterocycles. The molecule has 0 fully saturated rings. The van der Waals surface area contributed by atoms with Gasteiger partial charge in [0.15, 0.2) is 0 Å². The first-order chi connectivity index (χ1) is 10.1. The van der Waals surface area contributed by atoms with E-state index in [4.69, 9.17) is 9.84 Å². The lowest BCUT2D eigenvalue weighted by molar-refractivity contribution is -0.136. The summed E-state index contributed by atoms with van der Waals surface area (Å²) in [6.07, 6.45) is 1.76. The first-order valence-corrected chi connectivity index (χ1v) is 6.64. The Bertz CT molecular complexity index is 688. The number of rotatable bonds is 6. The van der Waals surface area contributed by atoms with Crippen LogP contribution in [0.3, 0.4) is 0 Å². The van der Waals surface area contributed by atoms with Crippen LogP contribution in [0.5, 0.6) is 0 Å². The van der Waals surface area contributed by atoms with E-state index in [2.05, 4.69) is 6.58 Å². The summed E-state index contributed by atoms with van der Waals surface area (Å²) >= 11 is 0. The molecule has 0 unspecified atom stereocenters. The summed E-state index contributed by atoms with van der Waals surface area (Å²) in [5.74, 6) is -1.35. The van der Waals surface area contributed by atoms with E-state index >= 15 is 0 Å². The van der Waals surface area contributed by atoms with Crippen molar-refractivity contribution in [3.05, 3.63) is 60.2 Å². The molecule has 0 aliphatic carbocycles. The molecule has 1 N–H and O–H groups in total. The van der Waals surface area contributed by atoms with Crippen molar-refractivity contribution in [1.82, 2.24) is 0 Å². The maximum atomic E-state index is 12.3. The fourth-order valence-corrected chi connectivity index (χ4v) is 2.21. The highest BCUT2D eigenvalue weighted by molar-refractivity contribution is 6.06. The highest BCUT2D eigenvalue weighted by Gasteiger charge is 2.17. The molecule has 0 aliphatic heterocycles. The van der Waals surface area contributed by atoms with E-state index < -0.39 is 11.9 Å². The maximum absolute atomic E-state index is 12.3. The van der Waals surface area contributed by atoms with Gasteiger partial charge in [-0.15, -0.1) is 0 Å². The van der Waals surface area contributed by atoms with E-state index in [1.54, 1.807) is 6.07 Å². The zero-order valence-corrected chi connectivity index (χ0v) is 11.5. The smallest absolute Gasteiger partial charge is 0.339 e. The van der Waals surface area contributed by atoms with Gasteiger partial charge in [-0.25, -0.2) is 4.79 Å². The molecule has 0 atom stereocenters. The molecule has 0 saturated carbocycles. The van der Waals surface area contributed by atoms with Crippen LogP contribution in [0.4, 0.5) is 0 Å². The minimum Gasteiger partial charge on any atom is -0.481 e.